The largest absolute Gasteiger partial charge is 0.480 e. The Morgan fingerprint density at radius 3 is 1.45 bits per heavy atom. The van der Waals surface area contributed by atoms with Crippen LogP contribution in [-0.4, -0.2) is 153 Å². The smallest absolute Gasteiger partial charge is 0.328 e. The van der Waals surface area contributed by atoms with Gasteiger partial charge in [0.15, 0.2) is 18.0 Å². The van der Waals surface area contributed by atoms with Crippen molar-refractivity contribution in [2.45, 2.75) is 132 Å². The molecule has 0 radical (unpaired) electrons. The van der Waals surface area contributed by atoms with Gasteiger partial charge < -0.3 is 93.0 Å². The van der Waals surface area contributed by atoms with Gasteiger partial charge >= 0.3 is 5.97 Å². The molecule has 0 saturated carbocycles. The van der Waals surface area contributed by atoms with Crippen LogP contribution in [0.4, 0.5) is 0 Å². The van der Waals surface area contributed by atoms with Crippen LogP contribution in [0.2, 0.25) is 0 Å². The summed E-state index contributed by atoms with van der Waals surface area (Å²) in [7, 11) is 0. The van der Waals surface area contributed by atoms with Gasteiger partial charge in [0, 0.05) is 44.2 Å². The van der Waals surface area contributed by atoms with Gasteiger partial charge in [0.05, 0.1) is 18.5 Å². The number of nitrogens with two attached hydrogens (primary N) is 8. The van der Waals surface area contributed by atoms with E-state index in [2.05, 4.69) is 51.9 Å². The van der Waals surface area contributed by atoms with Gasteiger partial charge in [0.25, 0.3) is 0 Å². The molecule has 8 amide bonds. The number of aliphatic hydroxyl groups is 1. The highest BCUT2D eigenvalue weighted by molar-refractivity contribution is 5.97. The van der Waals surface area contributed by atoms with E-state index in [1.807, 2.05) is 0 Å². The number of primary amides is 2. The summed E-state index contributed by atoms with van der Waals surface area (Å²) in [5.74, 6) is -9.16. The number of H-pyrrole nitrogens is 1. The summed E-state index contributed by atoms with van der Waals surface area (Å²) in [4.78, 5) is 132. The SMILES string of the molecule is C[C@@H](O)[C@H](NC(=O)[C@H](CCCCN)NC(=O)[C@H](CCCN=C(N)N)NC(=O)[C@H](Cc1cnc[nH]1)NC(=O)[C@H](CCC(N)=O)NC(=O)[C@H](CCCN=C(N)N)NC(=O)[C@@H](N)CCC(N)=O)C(=O)O. The summed E-state index contributed by atoms with van der Waals surface area (Å²) < 4.78 is 0. The minimum absolute atomic E-state index is 0.00166. The number of unbranched alkanes of at least 4 members (excludes halogenated alkanes) is 1. The lowest BCUT2D eigenvalue weighted by molar-refractivity contribution is -0.145. The number of aromatic amines is 1. The molecule has 25 N–H and O–H groups in total. The van der Waals surface area contributed by atoms with Crippen LogP contribution < -0.4 is 77.8 Å². The highest BCUT2D eigenvalue weighted by Gasteiger charge is 2.34. The quantitative estimate of drug-likeness (QED) is 0.0173. The van der Waals surface area contributed by atoms with Crippen molar-refractivity contribution in [3.05, 3.63) is 18.2 Å². The average Bonchev–Trinajstić information content (AvgIpc) is 3.77. The van der Waals surface area contributed by atoms with E-state index in [1.54, 1.807) is 0 Å². The van der Waals surface area contributed by atoms with Crippen molar-refractivity contribution in [1.82, 2.24) is 41.9 Å². The second-order valence-corrected chi connectivity index (χ2v) is 15.5. The number of nitrogens with zero attached hydrogens (tertiary/aromatic N) is 3. The molecule has 0 unspecified atom stereocenters. The maximum atomic E-state index is 14.2. The molecule has 67 heavy (non-hydrogen) atoms. The average molecular weight is 953 g/mol. The van der Waals surface area contributed by atoms with Crippen molar-refractivity contribution < 1.29 is 53.4 Å². The number of hydrogen-bond acceptors (Lipinski definition) is 15. The summed E-state index contributed by atoms with van der Waals surface area (Å²) >= 11 is 0. The molecule has 0 bridgehead atoms. The first-order valence-electron chi connectivity index (χ1n) is 21.4. The van der Waals surface area contributed by atoms with E-state index in [0.29, 0.717) is 18.5 Å². The molecular weight excluding hydrogens is 885 g/mol. The summed E-state index contributed by atoms with van der Waals surface area (Å²) in [5, 5.41) is 34.3. The third-order valence-corrected chi connectivity index (χ3v) is 9.75. The van der Waals surface area contributed by atoms with Crippen molar-refractivity contribution in [3.63, 3.8) is 0 Å². The van der Waals surface area contributed by atoms with E-state index >= 15 is 0 Å². The fourth-order valence-corrected chi connectivity index (χ4v) is 6.13. The number of imidazole rings is 1. The lowest BCUT2D eigenvalue weighted by Gasteiger charge is -2.28. The molecule has 1 aromatic heterocycles. The Labute approximate surface area is 385 Å². The van der Waals surface area contributed by atoms with Gasteiger partial charge in [-0.15, -0.1) is 0 Å². The van der Waals surface area contributed by atoms with Crippen molar-refractivity contribution in [2.75, 3.05) is 19.6 Å². The van der Waals surface area contributed by atoms with Crippen LogP contribution >= 0.6 is 0 Å². The highest BCUT2D eigenvalue weighted by Crippen LogP contribution is 2.10. The first-order chi connectivity index (χ1) is 31.5. The number of hydrogen-bond donors (Lipinski definition) is 17. The summed E-state index contributed by atoms with van der Waals surface area (Å²) in [6, 6.07) is -10.2. The number of rotatable bonds is 34. The Balaban J connectivity index is 3.58. The number of carboxylic acid groups (broad SMARTS) is 1. The van der Waals surface area contributed by atoms with Crippen molar-refractivity contribution >= 4 is 65.1 Å². The number of aromatic nitrogens is 2. The standard InChI is InChI=1S/C38H68N18O11/c1-19(57)29(36(66)67)56-34(64)22(6-2-3-13-39)52-32(62)24(8-5-15-49-38(45)46)53-35(65)26(16-20-17-47-18-50-20)55-33(63)25(10-12-28(42)59)54-31(61)23(7-4-14-48-37(43)44)51-30(60)21(40)9-11-27(41)58/h17-19,21-26,29,57H,2-16,39-40H2,1H3,(H2,41,58)(H2,42,59)(H,47,50)(H,51,60)(H,52,62)(H,53,65)(H,54,61)(H,55,63)(H,56,64)(H,66,67)(H4,43,44,48)(H4,45,46,49)/t19-,21+,22+,23+,24+,25+,26+,29+/m1/s1. The van der Waals surface area contributed by atoms with E-state index in [9.17, 15) is 53.4 Å². The highest BCUT2D eigenvalue weighted by atomic mass is 16.4. The lowest BCUT2D eigenvalue weighted by Crippen LogP contribution is -2.60. The third-order valence-electron chi connectivity index (χ3n) is 9.75. The molecule has 29 heteroatoms. The van der Waals surface area contributed by atoms with Crippen LogP contribution in [0.5, 0.6) is 0 Å². The fraction of sp³-hybridized carbons (Fsp3) is 0.632. The number of aliphatic hydroxyl groups excluding tert-OH is 1. The molecule has 0 saturated heterocycles. The molecule has 376 valence electrons. The maximum absolute atomic E-state index is 14.2. The summed E-state index contributed by atoms with van der Waals surface area (Å²) in [6.45, 7) is 1.43. The molecule has 0 aliphatic rings. The predicted molar refractivity (Wildman–Crippen MR) is 241 cm³/mol. The molecule has 1 rings (SSSR count). The van der Waals surface area contributed by atoms with Gasteiger partial charge in [-0.1, -0.05) is 0 Å². The van der Waals surface area contributed by atoms with Gasteiger partial charge in [0.1, 0.15) is 30.2 Å². The number of aliphatic carboxylic acids is 1. The zero-order valence-electron chi connectivity index (χ0n) is 37.4. The van der Waals surface area contributed by atoms with Gasteiger partial charge in [0.2, 0.25) is 47.3 Å². The van der Waals surface area contributed by atoms with Gasteiger partial charge in [-0.2, -0.15) is 0 Å². The minimum Gasteiger partial charge on any atom is -0.480 e. The topological polar surface area (TPSA) is 528 Å². The van der Waals surface area contributed by atoms with Crippen LogP contribution in [0.3, 0.4) is 0 Å². The van der Waals surface area contributed by atoms with Crippen LogP contribution in [0, 0.1) is 0 Å². The number of nitrogens with one attached hydrogen (secondary N) is 7. The van der Waals surface area contributed by atoms with E-state index in [-0.39, 0.29) is 89.3 Å². The van der Waals surface area contributed by atoms with Crippen molar-refractivity contribution in [2.24, 2.45) is 55.9 Å². The molecule has 1 heterocycles. The van der Waals surface area contributed by atoms with E-state index in [0.717, 1.165) is 6.92 Å². The fourth-order valence-electron chi connectivity index (χ4n) is 6.13. The number of guanidine groups is 2. The number of carbonyl (C=O) groups is 9. The monoisotopic (exact) mass is 953 g/mol. The zero-order chi connectivity index (χ0) is 50.6. The van der Waals surface area contributed by atoms with E-state index in [1.165, 1.54) is 12.5 Å². The van der Waals surface area contributed by atoms with Gasteiger partial charge in [-0.25, -0.2) is 9.78 Å². The van der Waals surface area contributed by atoms with Crippen LogP contribution in [0.15, 0.2) is 22.5 Å². The number of carbonyl (C=O) groups excluding carboxylic acids is 8. The van der Waals surface area contributed by atoms with Crippen molar-refractivity contribution in [1.29, 1.82) is 0 Å². The van der Waals surface area contributed by atoms with Crippen LogP contribution in [0.25, 0.3) is 0 Å². The predicted octanol–water partition coefficient (Wildman–Crippen LogP) is -7.58. The first kappa shape index (κ1) is 57.9. The number of carboxylic acids is 1. The molecule has 0 aliphatic heterocycles. The second-order valence-electron chi connectivity index (χ2n) is 15.5. The van der Waals surface area contributed by atoms with Crippen LogP contribution in [-0.2, 0) is 49.6 Å². The summed E-state index contributed by atoms with van der Waals surface area (Å²) in [6.07, 6.45) is 0.399. The molecule has 8 atom stereocenters. The zero-order valence-corrected chi connectivity index (χ0v) is 37.4. The third kappa shape index (κ3) is 24.1. The van der Waals surface area contributed by atoms with Crippen LogP contribution in [0.1, 0.15) is 83.2 Å². The Hall–Kier alpha value is -7.14. The maximum Gasteiger partial charge on any atom is 0.328 e. The van der Waals surface area contributed by atoms with E-state index in [4.69, 9.17) is 45.9 Å². The van der Waals surface area contributed by atoms with Gasteiger partial charge in [-0.3, -0.25) is 48.3 Å². The van der Waals surface area contributed by atoms with E-state index < -0.39 is 108 Å². The molecule has 0 aromatic carbocycles. The minimum atomic E-state index is -1.72. The molecule has 1 aromatic rings. The molecular formula is C38H68N18O11. The Kier molecular flexibility index (Phi) is 26.7. The summed E-state index contributed by atoms with van der Waals surface area (Å²) in [5.41, 5.74) is 44.1. The Morgan fingerprint density at radius 2 is 1.03 bits per heavy atom. The Bertz CT molecular complexity index is 1860. The molecule has 29 nitrogen and oxygen atoms in total. The first-order valence-corrected chi connectivity index (χ1v) is 21.4. The van der Waals surface area contributed by atoms with Gasteiger partial charge in [-0.05, 0) is 71.3 Å². The Morgan fingerprint density at radius 1 is 0.612 bits per heavy atom. The van der Waals surface area contributed by atoms with Crippen molar-refractivity contribution in [3.8, 4) is 0 Å². The number of aliphatic imine (C=N–C) groups is 2. The molecule has 0 aliphatic carbocycles. The normalized spacial score (nSPS) is 14.4. The molecule has 0 spiro atoms. The molecule has 0 fully saturated rings. The lowest BCUT2D eigenvalue weighted by atomic mass is 10.0. The number of amides is 8. The second kappa shape index (κ2) is 30.9.